The molecule has 0 spiro atoms. The third kappa shape index (κ3) is 3.00. The van der Waals surface area contributed by atoms with Gasteiger partial charge >= 0.3 is 5.97 Å². The molecule has 0 bridgehead atoms. The SMILES string of the molecule is CCOC(=O)c1cccc(Nc2c3c(nc4nc(C)nn24)CCCC3)c1. The average molecular weight is 351 g/mol. The van der Waals surface area contributed by atoms with Gasteiger partial charge in [0, 0.05) is 11.3 Å². The lowest BCUT2D eigenvalue weighted by Gasteiger charge is -2.20. The van der Waals surface area contributed by atoms with E-state index in [-0.39, 0.29) is 5.97 Å². The fraction of sp³-hybridized carbons (Fsp3) is 0.368. The summed E-state index contributed by atoms with van der Waals surface area (Å²) in [7, 11) is 0. The normalized spacial score (nSPS) is 13.5. The van der Waals surface area contributed by atoms with E-state index in [2.05, 4.69) is 20.4 Å². The van der Waals surface area contributed by atoms with Gasteiger partial charge in [0.2, 0.25) is 0 Å². The van der Waals surface area contributed by atoms with Crippen LogP contribution in [0.5, 0.6) is 0 Å². The predicted molar refractivity (Wildman–Crippen MR) is 97.8 cm³/mol. The lowest BCUT2D eigenvalue weighted by molar-refractivity contribution is 0.0526. The quantitative estimate of drug-likeness (QED) is 0.727. The van der Waals surface area contributed by atoms with Crippen molar-refractivity contribution in [1.82, 2.24) is 19.6 Å². The van der Waals surface area contributed by atoms with Crippen molar-refractivity contribution >= 4 is 23.3 Å². The van der Waals surface area contributed by atoms with Crippen LogP contribution in [0.2, 0.25) is 0 Å². The van der Waals surface area contributed by atoms with Gasteiger partial charge in [-0.25, -0.2) is 9.78 Å². The molecule has 3 aromatic rings. The van der Waals surface area contributed by atoms with Crippen LogP contribution >= 0.6 is 0 Å². The number of nitrogens with zero attached hydrogens (tertiary/aromatic N) is 4. The first-order chi connectivity index (χ1) is 12.7. The minimum Gasteiger partial charge on any atom is -0.462 e. The fourth-order valence-corrected chi connectivity index (χ4v) is 3.35. The second kappa shape index (κ2) is 6.74. The second-order valence-corrected chi connectivity index (χ2v) is 6.39. The minimum atomic E-state index is -0.324. The van der Waals surface area contributed by atoms with Crippen LogP contribution in [0.3, 0.4) is 0 Å². The molecule has 0 saturated heterocycles. The molecule has 1 N–H and O–H groups in total. The Morgan fingerprint density at radius 1 is 1.27 bits per heavy atom. The Kier molecular flexibility index (Phi) is 4.28. The zero-order chi connectivity index (χ0) is 18.1. The van der Waals surface area contributed by atoms with Crippen molar-refractivity contribution in [2.75, 3.05) is 11.9 Å². The molecule has 0 radical (unpaired) electrons. The monoisotopic (exact) mass is 351 g/mol. The Labute approximate surface area is 151 Å². The number of aryl methyl sites for hydroxylation is 2. The molecular weight excluding hydrogens is 330 g/mol. The van der Waals surface area contributed by atoms with Crippen LogP contribution in [-0.2, 0) is 17.6 Å². The lowest BCUT2D eigenvalue weighted by Crippen LogP contribution is -2.14. The number of hydrogen-bond donors (Lipinski definition) is 1. The number of esters is 1. The molecule has 2 aromatic heterocycles. The molecule has 0 fully saturated rings. The van der Waals surface area contributed by atoms with Gasteiger partial charge < -0.3 is 10.1 Å². The van der Waals surface area contributed by atoms with Crippen LogP contribution < -0.4 is 5.32 Å². The number of fused-ring (bicyclic) bond motifs is 2. The summed E-state index contributed by atoms with van der Waals surface area (Å²) in [5.41, 5.74) is 3.59. The summed E-state index contributed by atoms with van der Waals surface area (Å²) in [4.78, 5) is 21.1. The molecule has 7 heteroatoms. The Balaban J connectivity index is 1.77. The predicted octanol–water partition coefficient (Wildman–Crippen LogP) is 3.23. The summed E-state index contributed by atoms with van der Waals surface area (Å²) in [5, 5.41) is 7.93. The number of aromatic nitrogens is 4. The van der Waals surface area contributed by atoms with E-state index in [9.17, 15) is 4.79 Å². The minimum absolute atomic E-state index is 0.324. The second-order valence-electron chi connectivity index (χ2n) is 6.39. The van der Waals surface area contributed by atoms with Crippen molar-refractivity contribution in [2.45, 2.75) is 39.5 Å². The van der Waals surface area contributed by atoms with Gasteiger partial charge in [-0.15, -0.1) is 5.10 Å². The Bertz CT molecular complexity index is 979. The standard InChI is InChI=1S/C19H21N5O2/c1-3-26-18(25)13-7-6-8-14(11-13)21-17-15-9-4-5-10-16(15)22-19-20-12(2)23-24(17)19/h6-8,11,21H,3-5,9-10H2,1-2H3. The molecular formula is C19H21N5O2. The van der Waals surface area contributed by atoms with E-state index in [4.69, 9.17) is 4.74 Å². The van der Waals surface area contributed by atoms with Gasteiger partial charge in [-0.05, 0) is 57.7 Å². The van der Waals surface area contributed by atoms with Crippen LogP contribution in [-0.4, -0.2) is 32.2 Å². The Morgan fingerprint density at radius 3 is 2.96 bits per heavy atom. The smallest absolute Gasteiger partial charge is 0.338 e. The Morgan fingerprint density at radius 2 is 2.12 bits per heavy atom. The largest absolute Gasteiger partial charge is 0.462 e. The molecule has 134 valence electrons. The maximum absolute atomic E-state index is 12.0. The van der Waals surface area contributed by atoms with Crippen LogP contribution in [0, 0.1) is 6.92 Å². The molecule has 0 unspecified atom stereocenters. The molecule has 7 nitrogen and oxygen atoms in total. The molecule has 0 amide bonds. The summed E-state index contributed by atoms with van der Waals surface area (Å²) in [5.74, 6) is 1.84. The zero-order valence-electron chi connectivity index (χ0n) is 15.0. The molecule has 0 aliphatic heterocycles. The number of hydrogen-bond acceptors (Lipinski definition) is 6. The fourth-order valence-electron chi connectivity index (χ4n) is 3.35. The van der Waals surface area contributed by atoms with Crippen molar-refractivity contribution in [1.29, 1.82) is 0 Å². The van der Waals surface area contributed by atoms with Crippen molar-refractivity contribution in [3.05, 3.63) is 46.9 Å². The number of anilines is 2. The first-order valence-corrected chi connectivity index (χ1v) is 8.95. The van der Waals surface area contributed by atoms with Gasteiger partial charge in [-0.2, -0.15) is 9.50 Å². The van der Waals surface area contributed by atoms with Gasteiger partial charge in [-0.3, -0.25) is 0 Å². The third-order valence-corrected chi connectivity index (χ3v) is 4.50. The van der Waals surface area contributed by atoms with E-state index in [1.165, 1.54) is 5.56 Å². The number of benzene rings is 1. The van der Waals surface area contributed by atoms with E-state index in [1.807, 2.05) is 19.1 Å². The number of carbonyl (C=O) groups is 1. The molecule has 2 heterocycles. The van der Waals surface area contributed by atoms with Crippen LogP contribution in [0.15, 0.2) is 24.3 Å². The molecule has 4 rings (SSSR count). The van der Waals surface area contributed by atoms with Gasteiger partial charge in [-0.1, -0.05) is 6.07 Å². The highest BCUT2D eigenvalue weighted by atomic mass is 16.5. The highest BCUT2D eigenvalue weighted by Crippen LogP contribution is 2.29. The van der Waals surface area contributed by atoms with Crippen LogP contribution in [0.4, 0.5) is 11.5 Å². The van der Waals surface area contributed by atoms with Crippen molar-refractivity contribution in [3.63, 3.8) is 0 Å². The first kappa shape index (κ1) is 16.5. The molecule has 1 aromatic carbocycles. The zero-order valence-corrected chi connectivity index (χ0v) is 15.0. The average Bonchev–Trinajstić information content (AvgIpc) is 3.02. The molecule has 1 aliphatic rings. The van der Waals surface area contributed by atoms with E-state index < -0.39 is 0 Å². The topological polar surface area (TPSA) is 81.4 Å². The summed E-state index contributed by atoms with van der Waals surface area (Å²) in [6, 6.07) is 7.31. The number of carbonyl (C=O) groups excluding carboxylic acids is 1. The number of nitrogens with one attached hydrogen (secondary N) is 1. The Hall–Kier alpha value is -2.96. The van der Waals surface area contributed by atoms with Crippen molar-refractivity contribution < 1.29 is 9.53 Å². The first-order valence-electron chi connectivity index (χ1n) is 8.95. The summed E-state index contributed by atoms with van der Waals surface area (Å²) in [6.07, 6.45) is 4.18. The van der Waals surface area contributed by atoms with E-state index in [0.29, 0.717) is 23.8 Å². The highest BCUT2D eigenvalue weighted by Gasteiger charge is 2.20. The molecule has 0 saturated carbocycles. The molecule has 0 atom stereocenters. The van der Waals surface area contributed by atoms with Crippen molar-refractivity contribution in [3.8, 4) is 0 Å². The summed E-state index contributed by atoms with van der Waals surface area (Å²) < 4.78 is 6.85. The third-order valence-electron chi connectivity index (χ3n) is 4.50. The number of ether oxygens (including phenoxy) is 1. The summed E-state index contributed by atoms with van der Waals surface area (Å²) >= 11 is 0. The highest BCUT2D eigenvalue weighted by molar-refractivity contribution is 5.90. The van der Waals surface area contributed by atoms with Crippen LogP contribution in [0.1, 0.15) is 47.2 Å². The van der Waals surface area contributed by atoms with Gasteiger partial charge in [0.15, 0.2) is 0 Å². The maximum Gasteiger partial charge on any atom is 0.338 e. The maximum atomic E-state index is 12.0. The lowest BCUT2D eigenvalue weighted by atomic mass is 9.96. The van der Waals surface area contributed by atoms with Gasteiger partial charge in [0.05, 0.1) is 17.9 Å². The van der Waals surface area contributed by atoms with E-state index in [1.54, 1.807) is 23.6 Å². The van der Waals surface area contributed by atoms with Gasteiger partial charge in [0.25, 0.3) is 5.78 Å². The number of rotatable bonds is 4. The van der Waals surface area contributed by atoms with Crippen molar-refractivity contribution in [2.24, 2.45) is 0 Å². The van der Waals surface area contributed by atoms with Gasteiger partial charge in [0.1, 0.15) is 11.6 Å². The van der Waals surface area contributed by atoms with E-state index in [0.717, 1.165) is 42.9 Å². The summed E-state index contributed by atoms with van der Waals surface area (Å²) in [6.45, 7) is 4.01. The molecule has 1 aliphatic carbocycles. The van der Waals surface area contributed by atoms with E-state index >= 15 is 0 Å². The molecule has 26 heavy (non-hydrogen) atoms. The van der Waals surface area contributed by atoms with Crippen LogP contribution in [0.25, 0.3) is 5.78 Å².